The van der Waals surface area contributed by atoms with Crippen LogP contribution in [0.5, 0.6) is 0 Å². The number of carbonyl (C=O) groups excluding carboxylic acids is 3. The van der Waals surface area contributed by atoms with E-state index in [4.69, 9.17) is 0 Å². The van der Waals surface area contributed by atoms with Gasteiger partial charge >= 0.3 is 7.60 Å². The van der Waals surface area contributed by atoms with E-state index in [0.29, 0.717) is 18.4 Å². The molecule has 2 aromatic rings. The minimum Gasteiger partial charge on any atom is -0.361 e. The van der Waals surface area contributed by atoms with Crippen LogP contribution in [0.1, 0.15) is 53.0 Å². The molecule has 5 N–H and O–H groups in total. The molecule has 0 saturated heterocycles. The first-order valence-electron chi connectivity index (χ1n) is 11.8. The molecule has 2 unspecified atom stereocenters. The number of para-hydroxylation sites is 1. The van der Waals surface area contributed by atoms with Gasteiger partial charge in [0.15, 0.2) is 0 Å². The van der Waals surface area contributed by atoms with Crippen LogP contribution in [-0.4, -0.2) is 45.5 Å². The normalized spacial score (nSPS) is 16.1. The van der Waals surface area contributed by atoms with Crippen molar-refractivity contribution < 1.29 is 28.7 Å². The molecule has 2 rings (SSSR count). The van der Waals surface area contributed by atoms with E-state index in [1.54, 1.807) is 19.2 Å². The van der Waals surface area contributed by atoms with Gasteiger partial charge in [0, 0.05) is 30.4 Å². The highest BCUT2D eigenvalue weighted by Crippen LogP contribution is 2.43. The maximum atomic E-state index is 13.2. The summed E-state index contributed by atoms with van der Waals surface area (Å²) in [6.45, 7) is 8.60. The summed E-state index contributed by atoms with van der Waals surface area (Å²) in [5, 5.41) is 8.51. The van der Waals surface area contributed by atoms with Crippen molar-refractivity contribution in [2.45, 2.75) is 71.7 Å². The Morgan fingerprint density at radius 2 is 1.51 bits per heavy atom. The first kappa shape index (κ1) is 28.6. The van der Waals surface area contributed by atoms with Gasteiger partial charge in [-0.05, 0) is 23.5 Å². The van der Waals surface area contributed by atoms with Crippen molar-refractivity contribution in [3.05, 3.63) is 36.0 Å². The van der Waals surface area contributed by atoms with Crippen LogP contribution in [0.15, 0.2) is 30.5 Å². The summed E-state index contributed by atoms with van der Waals surface area (Å²) in [4.78, 5) is 63.0. The number of hydrogen-bond donors (Lipinski definition) is 5. The first-order chi connectivity index (χ1) is 16.4. The van der Waals surface area contributed by atoms with E-state index in [1.165, 1.54) is 6.92 Å². The van der Waals surface area contributed by atoms with E-state index >= 15 is 0 Å². The molecule has 1 aromatic carbocycles. The van der Waals surface area contributed by atoms with E-state index < -0.39 is 37.3 Å². The number of fused-ring (bicyclic) bond motifs is 1. The van der Waals surface area contributed by atoms with E-state index in [9.17, 15) is 28.7 Å². The van der Waals surface area contributed by atoms with Gasteiger partial charge in [0.05, 0.1) is 0 Å². The number of carbonyl (C=O) groups is 3. The first-order valence-corrected chi connectivity index (χ1v) is 13.5. The lowest BCUT2D eigenvalue weighted by molar-refractivity contribution is -0.133. The van der Waals surface area contributed by atoms with E-state index in [2.05, 4.69) is 20.9 Å². The van der Waals surface area contributed by atoms with Gasteiger partial charge in [-0.15, -0.1) is 4.89 Å². The van der Waals surface area contributed by atoms with Crippen LogP contribution in [0.3, 0.4) is 0 Å². The third-order valence-corrected chi connectivity index (χ3v) is 7.54. The van der Waals surface area contributed by atoms with Crippen LogP contribution < -0.4 is 16.0 Å². The molecule has 0 bridgehead atoms. The van der Waals surface area contributed by atoms with Gasteiger partial charge in [-0.1, -0.05) is 58.7 Å². The Labute approximate surface area is 205 Å². The fourth-order valence-corrected chi connectivity index (χ4v) is 4.59. The number of H-pyrrole nitrogens is 1. The summed E-state index contributed by atoms with van der Waals surface area (Å²) in [6, 6.07) is 5.37. The van der Waals surface area contributed by atoms with E-state index in [-0.39, 0.29) is 24.2 Å². The fraction of sp³-hybridized carbons (Fsp3) is 0.542. The van der Waals surface area contributed by atoms with Crippen molar-refractivity contribution in [1.82, 2.24) is 20.9 Å². The number of benzene rings is 1. The summed E-state index contributed by atoms with van der Waals surface area (Å²) < 4.78 is 12.2. The molecule has 35 heavy (non-hydrogen) atoms. The van der Waals surface area contributed by atoms with Gasteiger partial charge in [-0.2, -0.15) is 0 Å². The van der Waals surface area contributed by atoms with E-state index in [1.807, 2.05) is 39.0 Å². The second-order valence-electron chi connectivity index (χ2n) is 9.09. The number of nitrogens with one attached hydrogen (secondary N) is 4. The zero-order chi connectivity index (χ0) is 26.3. The van der Waals surface area contributed by atoms with Crippen molar-refractivity contribution in [1.29, 1.82) is 0 Å². The Morgan fingerprint density at radius 3 is 2.06 bits per heavy atom. The van der Waals surface area contributed by atoms with Crippen molar-refractivity contribution >= 4 is 36.2 Å². The Morgan fingerprint density at radius 1 is 0.971 bits per heavy atom. The lowest BCUT2D eigenvalue weighted by atomic mass is 9.95. The highest BCUT2D eigenvalue weighted by Gasteiger charge is 2.37. The molecular weight excluding hydrogens is 471 g/mol. The second kappa shape index (κ2) is 12.3. The molecule has 10 nitrogen and oxygen atoms in total. The monoisotopic (exact) mass is 507 g/mol. The predicted octanol–water partition coefficient (Wildman–Crippen LogP) is 2.85. The van der Waals surface area contributed by atoms with Gasteiger partial charge in [0.25, 0.3) is 0 Å². The number of aromatic nitrogens is 1. The van der Waals surface area contributed by atoms with Crippen LogP contribution in [0, 0.1) is 11.8 Å². The quantitative estimate of drug-likeness (QED) is 0.279. The van der Waals surface area contributed by atoms with Crippen LogP contribution in [-0.2, 0) is 30.3 Å². The maximum absolute atomic E-state index is 13.2. The van der Waals surface area contributed by atoms with Crippen molar-refractivity contribution in [3.8, 4) is 0 Å². The molecule has 1 heterocycles. The van der Waals surface area contributed by atoms with Gasteiger partial charge in [0.2, 0.25) is 17.7 Å². The standard InChI is InChI=1S/C24H36N4O6P/c1-6-14(3)21(26-16(5)29)24(31)28-22(15(4)7-2)23(30)27-20(35(32,33)34)12-17-13-25-19-11-9-8-10-18(17)19/h8-11,13-15,20-22,25H,6-7,12H2,1-5H3,(H,26,29)(H,27,30)(H,28,31)(H,32,33)/t14-,15-,20?,21-,22-/m0/s1. The Hall–Kier alpha value is -2.68. The molecule has 0 spiro atoms. The van der Waals surface area contributed by atoms with Crippen LogP contribution >= 0.6 is 7.60 Å². The summed E-state index contributed by atoms with van der Waals surface area (Å²) in [5.41, 5.74) is 1.41. The number of aromatic amines is 1. The number of rotatable bonds is 12. The van der Waals surface area contributed by atoms with Crippen LogP contribution in [0.4, 0.5) is 0 Å². The molecule has 0 saturated carbocycles. The predicted molar refractivity (Wildman–Crippen MR) is 133 cm³/mol. The summed E-state index contributed by atoms with van der Waals surface area (Å²) in [6.07, 6.45) is 2.62. The zero-order valence-corrected chi connectivity index (χ0v) is 21.7. The zero-order valence-electron chi connectivity index (χ0n) is 20.8. The van der Waals surface area contributed by atoms with Crippen LogP contribution in [0.2, 0.25) is 0 Å². The largest absolute Gasteiger partial charge is 0.378 e. The molecule has 193 valence electrons. The molecule has 0 aliphatic carbocycles. The van der Waals surface area contributed by atoms with Gasteiger partial charge < -0.3 is 25.8 Å². The smallest absolute Gasteiger partial charge is 0.361 e. The fourth-order valence-electron chi connectivity index (χ4n) is 3.88. The molecule has 1 radical (unpaired) electrons. The Bertz CT molecular complexity index is 1080. The van der Waals surface area contributed by atoms with E-state index in [0.717, 1.165) is 10.9 Å². The van der Waals surface area contributed by atoms with Crippen molar-refractivity contribution in [2.24, 2.45) is 11.8 Å². The summed E-state index contributed by atoms with van der Waals surface area (Å²) >= 11 is 0. The highest BCUT2D eigenvalue weighted by atomic mass is 31.2. The lowest BCUT2D eigenvalue weighted by Gasteiger charge is -2.30. The molecule has 1 aromatic heterocycles. The summed E-state index contributed by atoms with van der Waals surface area (Å²) in [5.74, 6) is -3.74. The molecular formula is C24H36N4O6P. The van der Waals surface area contributed by atoms with Gasteiger partial charge in [-0.25, -0.2) is 0 Å². The Balaban J connectivity index is 2.26. The molecule has 0 fully saturated rings. The Kier molecular flexibility index (Phi) is 10.1. The molecule has 0 aliphatic heterocycles. The molecule has 11 heteroatoms. The van der Waals surface area contributed by atoms with Gasteiger partial charge in [0.1, 0.15) is 17.9 Å². The third-order valence-electron chi connectivity index (χ3n) is 6.44. The number of amides is 3. The lowest BCUT2D eigenvalue weighted by Crippen LogP contribution is -2.58. The highest BCUT2D eigenvalue weighted by molar-refractivity contribution is 7.52. The molecule has 3 amide bonds. The average molecular weight is 508 g/mol. The minimum absolute atomic E-state index is 0.157. The second-order valence-corrected chi connectivity index (χ2v) is 10.8. The van der Waals surface area contributed by atoms with Crippen molar-refractivity contribution in [3.63, 3.8) is 0 Å². The average Bonchev–Trinajstić information content (AvgIpc) is 3.21. The topological polar surface area (TPSA) is 160 Å². The molecule has 0 aliphatic rings. The SMILES string of the molecule is CC[C@H](C)[C@H](NC(C)=O)C(=O)N[C@H](C(=O)NC(Cc1c[nH]c2ccccc12)P([O])(=O)O)[C@@H](C)CC. The maximum Gasteiger partial charge on any atom is 0.378 e. The number of hydrogen-bond acceptors (Lipinski definition) is 4. The molecule has 6 atom stereocenters. The van der Waals surface area contributed by atoms with Gasteiger partial charge in [-0.3, -0.25) is 18.9 Å². The van der Waals surface area contributed by atoms with Crippen LogP contribution in [0.25, 0.3) is 10.9 Å². The third kappa shape index (κ3) is 7.65. The van der Waals surface area contributed by atoms with Crippen molar-refractivity contribution in [2.75, 3.05) is 0 Å². The summed E-state index contributed by atoms with van der Waals surface area (Å²) in [7, 11) is -4.99. The minimum atomic E-state index is -4.99.